The molecule has 1 fully saturated rings. The molecular formula is C15H20N4O. The molecule has 1 aliphatic carbocycles. The van der Waals surface area contributed by atoms with Crippen LogP contribution in [-0.2, 0) is 19.7 Å². The number of nitrogens with zero attached hydrogens (tertiary/aromatic N) is 3. The van der Waals surface area contributed by atoms with Gasteiger partial charge in [-0.25, -0.2) is 4.68 Å². The van der Waals surface area contributed by atoms with E-state index >= 15 is 0 Å². The maximum absolute atomic E-state index is 9.01. The number of aliphatic hydroxyl groups excluding tert-OH is 1. The minimum Gasteiger partial charge on any atom is -0.392 e. The molecule has 0 atom stereocenters. The van der Waals surface area contributed by atoms with Gasteiger partial charge < -0.3 is 10.4 Å². The molecule has 1 heterocycles. The second kappa shape index (κ2) is 6.15. The lowest BCUT2D eigenvalue weighted by Crippen LogP contribution is -2.16. The third-order valence-corrected chi connectivity index (χ3v) is 3.57. The molecule has 2 N–H and O–H groups in total. The molecule has 1 aromatic heterocycles. The summed E-state index contributed by atoms with van der Waals surface area (Å²) in [5.74, 6) is 0.884. The third kappa shape index (κ3) is 3.65. The molecule has 0 radical (unpaired) electrons. The van der Waals surface area contributed by atoms with E-state index in [-0.39, 0.29) is 6.61 Å². The number of benzene rings is 1. The molecule has 5 nitrogen and oxygen atoms in total. The van der Waals surface area contributed by atoms with Gasteiger partial charge in [0.15, 0.2) is 0 Å². The first kappa shape index (κ1) is 13.3. The van der Waals surface area contributed by atoms with Gasteiger partial charge in [-0.15, -0.1) is 5.10 Å². The summed E-state index contributed by atoms with van der Waals surface area (Å²) in [6, 6.07) is 7.89. The summed E-state index contributed by atoms with van der Waals surface area (Å²) in [6.45, 7) is 2.68. The molecule has 5 heteroatoms. The molecule has 20 heavy (non-hydrogen) atoms. The van der Waals surface area contributed by atoms with Crippen LogP contribution in [0.15, 0.2) is 30.5 Å². The molecule has 0 aliphatic heterocycles. The standard InChI is InChI=1S/C15H20N4O/c20-11-14-5-3-13(4-6-14)9-19-10-15(17-18-19)8-16-7-12-1-2-12/h3-6,10,12,16,20H,1-2,7-9,11H2. The number of nitrogens with one attached hydrogen (secondary N) is 1. The number of aromatic nitrogens is 3. The van der Waals surface area contributed by atoms with Gasteiger partial charge in [0.1, 0.15) is 0 Å². The lowest BCUT2D eigenvalue weighted by molar-refractivity contribution is 0.282. The van der Waals surface area contributed by atoms with Gasteiger partial charge in [0, 0.05) is 6.54 Å². The molecule has 0 spiro atoms. The molecule has 0 unspecified atom stereocenters. The van der Waals surface area contributed by atoms with Crippen LogP contribution in [0.4, 0.5) is 0 Å². The number of hydrogen-bond acceptors (Lipinski definition) is 4. The molecule has 1 aliphatic rings. The molecule has 1 saturated carbocycles. The monoisotopic (exact) mass is 272 g/mol. The van der Waals surface area contributed by atoms with E-state index in [0.717, 1.165) is 35.8 Å². The van der Waals surface area contributed by atoms with E-state index in [1.54, 1.807) is 0 Å². The van der Waals surface area contributed by atoms with Crippen molar-refractivity contribution in [3.8, 4) is 0 Å². The number of aliphatic hydroxyl groups is 1. The molecule has 0 amide bonds. The van der Waals surface area contributed by atoms with Crippen LogP contribution in [0.5, 0.6) is 0 Å². The lowest BCUT2D eigenvalue weighted by atomic mass is 10.1. The predicted molar refractivity (Wildman–Crippen MR) is 75.9 cm³/mol. The first-order valence-electron chi connectivity index (χ1n) is 7.12. The van der Waals surface area contributed by atoms with Crippen LogP contribution in [0.3, 0.4) is 0 Å². The van der Waals surface area contributed by atoms with E-state index in [2.05, 4.69) is 15.6 Å². The molecule has 3 rings (SSSR count). The average molecular weight is 272 g/mol. The van der Waals surface area contributed by atoms with Crippen molar-refractivity contribution < 1.29 is 5.11 Å². The lowest BCUT2D eigenvalue weighted by Gasteiger charge is -2.02. The van der Waals surface area contributed by atoms with Crippen LogP contribution in [0.25, 0.3) is 0 Å². The largest absolute Gasteiger partial charge is 0.392 e. The van der Waals surface area contributed by atoms with E-state index < -0.39 is 0 Å². The Morgan fingerprint density at radius 3 is 2.65 bits per heavy atom. The zero-order valence-electron chi connectivity index (χ0n) is 11.5. The van der Waals surface area contributed by atoms with Gasteiger partial charge in [0.25, 0.3) is 0 Å². The van der Waals surface area contributed by atoms with Crippen molar-refractivity contribution in [1.29, 1.82) is 0 Å². The Hall–Kier alpha value is -1.72. The van der Waals surface area contributed by atoms with Crippen LogP contribution in [0.2, 0.25) is 0 Å². The van der Waals surface area contributed by atoms with Crippen LogP contribution >= 0.6 is 0 Å². The minimum atomic E-state index is 0.0837. The van der Waals surface area contributed by atoms with Crippen molar-refractivity contribution in [2.75, 3.05) is 6.54 Å². The van der Waals surface area contributed by atoms with Gasteiger partial charge in [-0.1, -0.05) is 29.5 Å². The normalized spacial score (nSPS) is 14.7. The van der Waals surface area contributed by atoms with E-state index in [1.807, 2.05) is 35.1 Å². The highest BCUT2D eigenvalue weighted by atomic mass is 16.3. The van der Waals surface area contributed by atoms with Gasteiger partial charge in [-0.2, -0.15) is 0 Å². The summed E-state index contributed by atoms with van der Waals surface area (Å²) in [5.41, 5.74) is 3.07. The molecule has 1 aromatic carbocycles. The topological polar surface area (TPSA) is 63.0 Å². The second-order valence-corrected chi connectivity index (χ2v) is 5.46. The Bertz CT molecular complexity index is 545. The molecular weight excluding hydrogens is 252 g/mol. The van der Waals surface area contributed by atoms with Crippen LogP contribution in [0, 0.1) is 5.92 Å². The first-order valence-corrected chi connectivity index (χ1v) is 7.12. The van der Waals surface area contributed by atoms with Gasteiger partial charge in [0.2, 0.25) is 0 Å². The van der Waals surface area contributed by atoms with Gasteiger partial charge in [-0.3, -0.25) is 0 Å². The summed E-state index contributed by atoms with van der Waals surface area (Å²) in [5, 5.41) is 20.7. The third-order valence-electron chi connectivity index (χ3n) is 3.57. The van der Waals surface area contributed by atoms with Gasteiger partial charge in [0.05, 0.1) is 25.0 Å². The zero-order chi connectivity index (χ0) is 13.8. The molecule has 2 aromatic rings. The second-order valence-electron chi connectivity index (χ2n) is 5.46. The number of rotatable bonds is 7. The van der Waals surface area contributed by atoms with E-state index in [1.165, 1.54) is 12.8 Å². The van der Waals surface area contributed by atoms with E-state index in [9.17, 15) is 0 Å². The Labute approximate surface area is 118 Å². The van der Waals surface area contributed by atoms with Crippen molar-refractivity contribution in [3.63, 3.8) is 0 Å². The maximum Gasteiger partial charge on any atom is 0.0964 e. The maximum atomic E-state index is 9.01. The SMILES string of the molecule is OCc1ccc(Cn2cc(CNCC3CC3)nn2)cc1. The summed E-state index contributed by atoms with van der Waals surface area (Å²) < 4.78 is 1.85. The van der Waals surface area contributed by atoms with Crippen LogP contribution in [0.1, 0.15) is 29.7 Å². The highest BCUT2D eigenvalue weighted by Crippen LogP contribution is 2.27. The Morgan fingerprint density at radius 2 is 1.95 bits per heavy atom. The Kier molecular flexibility index (Phi) is 4.08. The highest BCUT2D eigenvalue weighted by molar-refractivity contribution is 5.22. The fourth-order valence-corrected chi connectivity index (χ4v) is 2.16. The fourth-order valence-electron chi connectivity index (χ4n) is 2.16. The van der Waals surface area contributed by atoms with E-state index in [0.29, 0.717) is 6.54 Å². The first-order chi connectivity index (χ1) is 9.83. The fraction of sp³-hybridized carbons (Fsp3) is 0.467. The quantitative estimate of drug-likeness (QED) is 0.798. The van der Waals surface area contributed by atoms with Crippen LogP contribution < -0.4 is 5.32 Å². The number of hydrogen-bond donors (Lipinski definition) is 2. The predicted octanol–water partition coefficient (Wildman–Crippen LogP) is 1.32. The molecule has 0 bridgehead atoms. The average Bonchev–Trinajstić information content (AvgIpc) is 3.19. The Morgan fingerprint density at radius 1 is 1.20 bits per heavy atom. The molecule has 106 valence electrons. The van der Waals surface area contributed by atoms with Gasteiger partial charge >= 0.3 is 0 Å². The van der Waals surface area contributed by atoms with Crippen molar-refractivity contribution in [2.45, 2.75) is 32.5 Å². The summed E-state index contributed by atoms with van der Waals surface area (Å²) in [4.78, 5) is 0. The Balaban J connectivity index is 1.52. The highest BCUT2D eigenvalue weighted by Gasteiger charge is 2.20. The smallest absolute Gasteiger partial charge is 0.0964 e. The van der Waals surface area contributed by atoms with Crippen molar-refractivity contribution in [1.82, 2.24) is 20.3 Å². The summed E-state index contributed by atoms with van der Waals surface area (Å²) in [6.07, 6.45) is 4.72. The molecule has 0 saturated heterocycles. The van der Waals surface area contributed by atoms with Crippen molar-refractivity contribution >= 4 is 0 Å². The van der Waals surface area contributed by atoms with Crippen molar-refractivity contribution in [3.05, 3.63) is 47.3 Å². The van der Waals surface area contributed by atoms with Gasteiger partial charge in [-0.05, 0) is 36.4 Å². The van der Waals surface area contributed by atoms with Crippen LogP contribution in [-0.4, -0.2) is 26.6 Å². The summed E-state index contributed by atoms with van der Waals surface area (Å²) in [7, 11) is 0. The van der Waals surface area contributed by atoms with Crippen molar-refractivity contribution in [2.24, 2.45) is 5.92 Å². The van der Waals surface area contributed by atoms with E-state index in [4.69, 9.17) is 5.11 Å². The minimum absolute atomic E-state index is 0.0837. The zero-order valence-corrected chi connectivity index (χ0v) is 11.5. The summed E-state index contributed by atoms with van der Waals surface area (Å²) >= 11 is 0.